The minimum Gasteiger partial charge on any atom is -0.508 e. The van der Waals surface area contributed by atoms with Crippen molar-refractivity contribution in [3.05, 3.63) is 29.3 Å². The quantitative estimate of drug-likeness (QED) is 0.623. The molecule has 0 saturated carbocycles. The first-order valence-corrected chi connectivity index (χ1v) is 11.8. The van der Waals surface area contributed by atoms with Crippen LogP contribution in [0.1, 0.15) is 36.7 Å². The zero-order chi connectivity index (χ0) is 18.5. The highest BCUT2D eigenvalue weighted by Gasteiger charge is 2.19. The molecule has 0 saturated heterocycles. The van der Waals surface area contributed by atoms with E-state index in [4.69, 9.17) is 9.47 Å². The van der Waals surface area contributed by atoms with E-state index < -0.39 is 25.6 Å². The predicted octanol–water partition coefficient (Wildman–Crippen LogP) is 3.77. The van der Waals surface area contributed by atoms with E-state index in [-0.39, 0.29) is 12.2 Å². The molecule has 0 atom stereocenters. The van der Waals surface area contributed by atoms with Crippen LogP contribution in [0.25, 0.3) is 0 Å². The number of hydrogen-bond acceptors (Lipinski definition) is 5. The van der Waals surface area contributed by atoms with Crippen molar-refractivity contribution in [1.82, 2.24) is 0 Å². The first-order valence-electron chi connectivity index (χ1n) is 8.08. The van der Waals surface area contributed by atoms with Gasteiger partial charge in [0, 0.05) is 13.6 Å². The zero-order valence-corrected chi connectivity index (χ0v) is 16.4. The van der Waals surface area contributed by atoms with Crippen molar-refractivity contribution < 1.29 is 24.2 Å². The number of esters is 2. The lowest BCUT2D eigenvalue weighted by Gasteiger charge is -2.19. The normalized spacial score (nSPS) is 11.9. The molecular weight excluding hydrogens is 324 g/mol. The lowest BCUT2D eigenvalue weighted by molar-refractivity contribution is -0.153. The maximum atomic E-state index is 12.1. The lowest BCUT2D eigenvalue weighted by atomic mass is 10.1. The van der Waals surface area contributed by atoms with Crippen molar-refractivity contribution in [2.24, 2.45) is 0 Å². The molecular formula is C18H28O5Si. The summed E-state index contributed by atoms with van der Waals surface area (Å²) < 4.78 is 10.5. The summed E-state index contributed by atoms with van der Waals surface area (Å²) >= 11 is 0. The topological polar surface area (TPSA) is 72.8 Å². The van der Waals surface area contributed by atoms with Gasteiger partial charge >= 0.3 is 11.9 Å². The molecule has 0 spiro atoms. The molecule has 1 rings (SSSR count). The van der Waals surface area contributed by atoms with Crippen molar-refractivity contribution in [1.29, 1.82) is 0 Å². The summed E-state index contributed by atoms with van der Waals surface area (Å²) in [5.41, 5.74) is 0.0749. The molecule has 1 N–H and O–H groups in total. The second kappa shape index (κ2) is 7.83. The van der Waals surface area contributed by atoms with Crippen molar-refractivity contribution in [2.75, 3.05) is 6.61 Å². The van der Waals surface area contributed by atoms with E-state index in [0.29, 0.717) is 17.7 Å². The molecule has 0 fully saturated rings. The standard InChI is InChI=1S/C18H28O5Si/c1-18(2,3)23-16(20)12-14-11-13(7-8-15(14)19)17(21)22-9-10-24(4,5)6/h7-8,11,19H,9-10,12H2,1-6H3. The SMILES string of the molecule is CC(C)(C)OC(=O)Cc1cc(C(=O)OCC[Si](C)(C)C)ccc1O. The summed E-state index contributed by atoms with van der Waals surface area (Å²) in [5, 5.41) is 9.89. The summed E-state index contributed by atoms with van der Waals surface area (Å²) in [6, 6.07) is 5.26. The number of benzene rings is 1. The fourth-order valence-corrected chi connectivity index (χ4v) is 2.63. The van der Waals surface area contributed by atoms with Crippen LogP contribution in [0.3, 0.4) is 0 Å². The Labute approximate surface area is 145 Å². The van der Waals surface area contributed by atoms with Crippen LogP contribution in [0.2, 0.25) is 25.7 Å². The molecule has 0 aliphatic carbocycles. The number of aromatic hydroxyl groups is 1. The molecule has 0 aromatic heterocycles. The Morgan fingerprint density at radius 2 is 1.79 bits per heavy atom. The molecule has 0 aliphatic rings. The molecule has 1 aromatic rings. The van der Waals surface area contributed by atoms with Crippen LogP contribution in [0, 0.1) is 0 Å². The van der Waals surface area contributed by atoms with Crippen LogP contribution >= 0.6 is 0 Å². The van der Waals surface area contributed by atoms with E-state index >= 15 is 0 Å². The highest BCUT2D eigenvalue weighted by Crippen LogP contribution is 2.21. The smallest absolute Gasteiger partial charge is 0.338 e. The average molecular weight is 353 g/mol. The number of phenols is 1. The van der Waals surface area contributed by atoms with Crippen LogP contribution in [-0.2, 0) is 20.7 Å². The van der Waals surface area contributed by atoms with Crippen LogP contribution in [0.4, 0.5) is 0 Å². The minimum absolute atomic E-state index is 0.0421. The van der Waals surface area contributed by atoms with Gasteiger partial charge in [0.05, 0.1) is 18.6 Å². The third kappa shape index (κ3) is 7.63. The van der Waals surface area contributed by atoms with E-state index in [1.165, 1.54) is 18.2 Å². The third-order valence-electron chi connectivity index (χ3n) is 3.16. The Morgan fingerprint density at radius 1 is 1.17 bits per heavy atom. The molecule has 0 bridgehead atoms. The van der Waals surface area contributed by atoms with E-state index in [9.17, 15) is 14.7 Å². The molecule has 24 heavy (non-hydrogen) atoms. The number of rotatable bonds is 6. The predicted molar refractivity (Wildman–Crippen MR) is 96.1 cm³/mol. The zero-order valence-electron chi connectivity index (χ0n) is 15.4. The Hall–Kier alpha value is -1.82. The number of hydrogen-bond donors (Lipinski definition) is 1. The number of carbonyl (C=O) groups excluding carboxylic acids is 2. The van der Waals surface area contributed by atoms with Gasteiger partial charge in [0.2, 0.25) is 0 Å². The van der Waals surface area contributed by atoms with Crippen LogP contribution < -0.4 is 0 Å². The first kappa shape index (κ1) is 20.2. The number of ether oxygens (including phenoxy) is 2. The number of phenolic OH excluding ortho intramolecular Hbond substituents is 1. The van der Waals surface area contributed by atoms with Crippen molar-refractivity contribution >= 4 is 20.0 Å². The Morgan fingerprint density at radius 3 is 2.33 bits per heavy atom. The van der Waals surface area contributed by atoms with Crippen LogP contribution in [0.5, 0.6) is 5.75 Å². The Bertz CT molecular complexity index is 596. The fraction of sp³-hybridized carbons (Fsp3) is 0.556. The van der Waals surface area contributed by atoms with E-state index in [2.05, 4.69) is 19.6 Å². The second-order valence-corrected chi connectivity index (χ2v) is 13.7. The molecule has 0 amide bonds. The van der Waals surface area contributed by atoms with Gasteiger partial charge in [-0.05, 0) is 45.0 Å². The maximum absolute atomic E-state index is 12.1. The van der Waals surface area contributed by atoms with Gasteiger partial charge < -0.3 is 14.6 Å². The molecule has 0 unspecified atom stereocenters. The van der Waals surface area contributed by atoms with Gasteiger partial charge in [0.15, 0.2) is 0 Å². The van der Waals surface area contributed by atoms with Gasteiger partial charge in [-0.15, -0.1) is 0 Å². The summed E-state index contributed by atoms with van der Waals surface area (Å²) in [4.78, 5) is 24.0. The van der Waals surface area contributed by atoms with Crippen LogP contribution in [0.15, 0.2) is 18.2 Å². The maximum Gasteiger partial charge on any atom is 0.338 e. The summed E-state index contributed by atoms with van der Waals surface area (Å²) in [5.74, 6) is -0.944. The molecule has 5 nitrogen and oxygen atoms in total. The number of carbonyl (C=O) groups is 2. The highest BCUT2D eigenvalue weighted by atomic mass is 28.3. The third-order valence-corrected chi connectivity index (χ3v) is 4.86. The van der Waals surface area contributed by atoms with Gasteiger partial charge in [0.25, 0.3) is 0 Å². The van der Waals surface area contributed by atoms with E-state index in [1.807, 2.05) is 0 Å². The summed E-state index contributed by atoms with van der Waals surface area (Å²) in [6.45, 7) is 12.3. The van der Waals surface area contributed by atoms with Gasteiger partial charge in [-0.2, -0.15) is 0 Å². The Kier molecular flexibility index (Phi) is 6.60. The summed E-state index contributed by atoms with van der Waals surface area (Å²) in [7, 11) is -1.27. The van der Waals surface area contributed by atoms with Gasteiger partial charge in [-0.25, -0.2) is 4.79 Å². The molecule has 134 valence electrons. The van der Waals surface area contributed by atoms with Gasteiger partial charge in [0.1, 0.15) is 11.4 Å². The Balaban J connectivity index is 2.75. The second-order valence-electron chi connectivity index (χ2n) is 8.05. The molecule has 0 aliphatic heterocycles. The molecule has 6 heteroatoms. The van der Waals surface area contributed by atoms with E-state index in [0.717, 1.165) is 6.04 Å². The average Bonchev–Trinajstić information content (AvgIpc) is 2.37. The van der Waals surface area contributed by atoms with Crippen molar-refractivity contribution in [2.45, 2.75) is 58.5 Å². The fourth-order valence-electron chi connectivity index (χ4n) is 1.92. The lowest BCUT2D eigenvalue weighted by Crippen LogP contribution is -2.25. The van der Waals surface area contributed by atoms with Crippen LogP contribution in [-0.4, -0.2) is 37.3 Å². The first-order chi connectivity index (χ1) is 10.9. The molecule has 1 aromatic carbocycles. The summed E-state index contributed by atoms with van der Waals surface area (Å²) in [6.07, 6.45) is -0.0981. The molecule has 0 radical (unpaired) electrons. The van der Waals surface area contributed by atoms with E-state index in [1.54, 1.807) is 20.8 Å². The van der Waals surface area contributed by atoms with Crippen molar-refractivity contribution in [3.63, 3.8) is 0 Å². The minimum atomic E-state index is -1.27. The van der Waals surface area contributed by atoms with Crippen molar-refractivity contribution in [3.8, 4) is 5.75 Å². The van der Waals surface area contributed by atoms with Gasteiger partial charge in [-0.1, -0.05) is 19.6 Å². The molecule has 0 heterocycles. The van der Waals surface area contributed by atoms with Gasteiger partial charge in [-0.3, -0.25) is 4.79 Å². The largest absolute Gasteiger partial charge is 0.508 e. The monoisotopic (exact) mass is 352 g/mol. The highest BCUT2D eigenvalue weighted by molar-refractivity contribution is 6.76.